The second kappa shape index (κ2) is 5.99. The van der Waals surface area contributed by atoms with Crippen LogP contribution in [0.5, 0.6) is 0 Å². The van der Waals surface area contributed by atoms with Gasteiger partial charge in [0.15, 0.2) is 6.29 Å². The van der Waals surface area contributed by atoms with Crippen molar-refractivity contribution in [3.8, 4) is 5.69 Å². The summed E-state index contributed by atoms with van der Waals surface area (Å²) in [5, 5.41) is 14.8. The van der Waals surface area contributed by atoms with Crippen LogP contribution in [0, 0.1) is 0 Å². The van der Waals surface area contributed by atoms with Gasteiger partial charge in [-0.1, -0.05) is 11.6 Å². The van der Waals surface area contributed by atoms with Gasteiger partial charge in [-0.15, -0.1) is 10.2 Å². The quantitative estimate of drug-likeness (QED) is 0.803. The summed E-state index contributed by atoms with van der Waals surface area (Å²) in [7, 11) is 1.00. The molecule has 0 saturated carbocycles. The van der Waals surface area contributed by atoms with Crippen LogP contribution in [-0.2, 0) is 0 Å². The van der Waals surface area contributed by atoms with Crippen LogP contribution in [0.3, 0.4) is 0 Å². The number of aromatic nitrogens is 3. The number of aliphatic hydroxyl groups excluding tert-OH is 1. The number of aldehydes is 1. The molecular formula is C10H10ClN3O2. The van der Waals surface area contributed by atoms with Gasteiger partial charge in [-0.2, -0.15) is 0 Å². The van der Waals surface area contributed by atoms with Crippen molar-refractivity contribution >= 4 is 17.9 Å². The highest BCUT2D eigenvalue weighted by atomic mass is 35.5. The molecule has 5 nitrogen and oxygen atoms in total. The molecule has 0 saturated heterocycles. The van der Waals surface area contributed by atoms with Crippen molar-refractivity contribution in [2.24, 2.45) is 0 Å². The number of aliphatic hydroxyl groups is 1. The molecular weight excluding hydrogens is 230 g/mol. The molecule has 0 aliphatic heterocycles. The molecule has 0 aliphatic carbocycles. The average Bonchev–Trinajstić information content (AvgIpc) is 2.85. The zero-order valence-corrected chi connectivity index (χ0v) is 9.30. The first-order chi connectivity index (χ1) is 7.81. The van der Waals surface area contributed by atoms with E-state index in [-0.39, 0.29) is 0 Å². The highest BCUT2D eigenvalue weighted by Crippen LogP contribution is 2.18. The Labute approximate surface area is 97.3 Å². The van der Waals surface area contributed by atoms with E-state index in [2.05, 4.69) is 10.2 Å². The Kier molecular flexibility index (Phi) is 4.63. The average molecular weight is 240 g/mol. The van der Waals surface area contributed by atoms with Gasteiger partial charge in [0.2, 0.25) is 0 Å². The van der Waals surface area contributed by atoms with Gasteiger partial charge in [0.25, 0.3) is 0 Å². The number of nitrogens with zero attached hydrogens (tertiary/aromatic N) is 3. The molecule has 1 aromatic carbocycles. The lowest BCUT2D eigenvalue weighted by atomic mass is 10.2. The van der Waals surface area contributed by atoms with Gasteiger partial charge in [-0.05, 0) is 18.2 Å². The van der Waals surface area contributed by atoms with Gasteiger partial charge in [0, 0.05) is 18.4 Å². The summed E-state index contributed by atoms with van der Waals surface area (Å²) < 4.78 is 1.71. The molecule has 2 aromatic rings. The maximum absolute atomic E-state index is 10.5. The van der Waals surface area contributed by atoms with Crippen LogP contribution in [0.2, 0.25) is 5.02 Å². The molecule has 2 rings (SSSR count). The summed E-state index contributed by atoms with van der Waals surface area (Å²) >= 11 is 5.86. The SMILES string of the molecule is CO.O=Cc1ccc(-n2cnnc2)cc1Cl. The van der Waals surface area contributed by atoms with E-state index in [4.69, 9.17) is 16.7 Å². The molecule has 6 heteroatoms. The Morgan fingerprint density at radius 1 is 1.31 bits per heavy atom. The molecule has 1 aromatic heterocycles. The molecule has 1 N–H and O–H groups in total. The van der Waals surface area contributed by atoms with Crippen LogP contribution in [0.15, 0.2) is 30.9 Å². The fourth-order valence-corrected chi connectivity index (χ4v) is 1.33. The maximum atomic E-state index is 10.5. The number of carbonyl (C=O) groups excluding carboxylic acids is 1. The topological polar surface area (TPSA) is 68.0 Å². The molecule has 0 bridgehead atoms. The van der Waals surface area contributed by atoms with E-state index in [1.54, 1.807) is 35.4 Å². The van der Waals surface area contributed by atoms with Crippen molar-refractivity contribution < 1.29 is 9.90 Å². The van der Waals surface area contributed by atoms with Crippen LogP contribution >= 0.6 is 11.6 Å². The molecule has 0 amide bonds. The van der Waals surface area contributed by atoms with E-state index in [1.165, 1.54) is 0 Å². The lowest BCUT2D eigenvalue weighted by Crippen LogP contribution is -1.91. The molecule has 0 unspecified atom stereocenters. The van der Waals surface area contributed by atoms with Crippen molar-refractivity contribution in [2.75, 3.05) is 7.11 Å². The van der Waals surface area contributed by atoms with Crippen molar-refractivity contribution in [2.45, 2.75) is 0 Å². The minimum absolute atomic E-state index is 0.422. The molecule has 84 valence electrons. The minimum Gasteiger partial charge on any atom is -0.400 e. The third-order valence-electron chi connectivity index (χ3n) is 1.83. The first-order valence-electron chi connectivity index (χ1n) is 4.36. The van der Waals surface area contributed by atoms with Crippen LogP contribution in [0.25, 0.3) is 5.69 Å². The minimum atomic E-state index is 0.422. The van der Waals surface area contributed by atoms with Crippen molar-refractivity contribution in [3.63, 3.8) is 0 Å². The third kappa shape index (κ3) is 2.65. The second-order valence-corrected chi connectivity index (χ2v) is 3.10. The Bertz CT molecular complexity index is 457. The molecule has 0 spiro atoms. The standard InChI is InChI=1S/C9H6ClN3O.CH4O/c10-9-3-8(2-1-7(9)4-14)13-5-11-12-6-13;1-2/h1-6H;2H,1H3. The van der Waals surface area contributed by atoms with E-state index in [0.717, 1.165) is 19.1 Å². The number of hydrogen-bond acceptors (Lipinski definition) is 4. The number of hydrogen-bond donors (Lipinski definition) is 1. The van der Waals surface area contributed by atoms with Gasteiger partial charge in [0.05, 0.1) is 5.02 Å². The van der Waals surface area contributed by atoms with E-state index < -0.39 is 0 Å². The number of rotatable bonds is 2. The molecule has 0 atom stereocenters. The van der Waals surface area contributed by atoms with Gasteiger partial charge < -0.3 is 5.11 Å². The molecule has 0 fully saturated rings. The Morgan fingerprint density at radius 2 is 1.94 bits per heavy atom. The zero-order chi connectivity index (χ0) is 12.0. The smallest absolute Gasteiger partial charge is 0.151 e. The largest absolute Gasteiger partial charge is 0.400 e. The predicted octanol–water partition coefficient (Wildman–Crippen LogP) is 1.34. The van der Waals surface area contributed by atoms with Gasteiger partial charge in [-0.25, -0.2) is 0 Å². The molecule has 0 radical (unpaired) electrons. The van der Waals surface area contributed by atoms with Crippen molar-refractivity contribution in [3.05, 3.63) is 41.4 Å². The molecule has 16 heavy (non-hydrogen) atoms. The van der Waals surface area contributed by atoms with Gasteiger partial charge in [0.1, 0.15) is 12.7 Å². The zero-order valence-electron chi connectivity index (χ0n) is 8.54. The second-order valence-electron chi connectivity index (χ2n) is 2.69. The van der Waals surface area contributed by atoms with E-state index in [9.17, 15) is 4.79 Å². The van der Waals surface area contributed by atoms with Gasteiger partial charge >= 0.3 is 0 Å². The molecule has 1 heterocycles. The Hall–Kier alpha value is -1.72. The summed E-state index contributed by atoms with van der Waals surface area (Å²) in [6.07, 6.45) is 3.84. The van der Waals surface area contributed by atoms with Crippen molar-refractivity contribution in [1.29, 1.82) is 0 Å². The Balaban J connectivity index is 0.000000606. The fraction of sp³-hybridized carbons (Fsp3) is 0.100. The summed E-state index contributed by atoms with van der Waals surface area (Å²) in [6.45, 7) is 0. The summed E-state index contributed by atoms with van der Waals surface area (Å²) in [4.78, 5) is 10.5. The monoisotopic (exact) mass is 239 g/mol. The summed E-state index contributed by atoms with van der Waals surface area (Å²) in [5.41, 5.74) is 1.30. The normalized spacial score (nSPS) is 9.19. The summed E-state index contributed by atoms with van der Waals surface area (Å²) in [5.74, 6) is 0. The first-order valence-corrected chi connectivity index (χ1v) is 4.73. The maximum Gasteiger partial charge on any atom is 0.151 e. The van der Waals surface area contributed by atoms with E-state index in [0.29, 0.717) is 10.6 Å². The number of carbonyl (C=O) groups is 1. The van der Waals surface area contributed by atoms with E-state index >= 15 is 0 Å². The highest BCUT2D eigenvalue weighted by molar-refractivity contribution is 6.33. The van der Waals surface area contributed by atoms with Gasteiger partial charge in [-0.3, -0.25) is 9.36 Å². The fourth-order valence-electron chi connectivity index (χ4n) is 1.11. The Morgan fingerprint density at radius 3 is 2.44 bits per heavy atom. The van der Waals surface area contributed by atoms with Crippen LogP contribution < -0.4 is 0 Å². The van der Waals surface area contributed by atoms with Crippen LogP contribution in [0.1, 0.15) is 10.4 Å². The summed E-state index contributed by atoms with van der Waals surface area (Å²) in [6, 6.07) is 5.12. The highest BCUT2D eigenvalue weighted by Gasteiger charge is 2.01. The van der Waals surface area contributed by atoms with Crippen molar-refractivity contribution in [1.82, 2.24) is 14.8 Å². The van der Waals surface area contributed by atoms with E-state index in [1.807, 2.05) is 0 Å². The first kappa shape index (κ1) is 12.4. The lowest BCUT2D eigenvalue weighted by molar-refractivity contribution is 0.112. The lowest BCUT2D eigenvalue weighted by Gasteiger charge is -2.02. The third-order valence-corrected chi connectivity index (χ3v) is 2.16. The number of halogens is 1. The molecule has 0 aliphatic rings. The predicted molar refractivity (Wildman–Crippen MR) is 59.9 cm³/mol. The van der Waals surface area contributed by atoms with Crippen LogP contribution in [-0.4, -0.2) is 33.3 Å². The number of benzene rings is 1. The van der Waals surface area contributed by atoms with Crippen LogP contribution in [0.4, 0.5) is 0 Å².